The predicted molar refractivity (Wildman–Crippen MR) is 29.2 cm³/mol. The van der Waals surface area contributed by atoms with E-state index in [2.05, 4.69) is 0 Å². The fourth-order valence-corrected chi connectivity index (χ4v) is 0.301. The molecule has 0 atom stereocenters. The van der Waals surface area contributed by atoms with Gasteiger partial charge in [0.2, 0.25) is 0 Å². The fraction of sp³-hybridized carbons (Fsp3) is 0.750. The summed E-state index contributed by atoms with van der Waals surface area (Å²) >= 11 is 0. The molecular weight excluding hydrogens is 255 g/mol. The molecule has 0 unspecified atom stereocenters. The molecule has 80 valence electrons. The number of rotatable bonds is 2. The summed E-state index contributed by atoms with van der Waals surface area (Å²) in [6.07, 6.45) is -6.68. The molecule has 0 bridgehead atoms. The average Bonchev–Trinajstić information content (AvgIpc) is 1.84. The van der Waals surface area contributed by atoms with Gasteiger partial charge in [-0.05, 0) is 0 Å². The van der Waals surface area contributed by atoms with Crippen LogP contribution in [0.4, 0.5) is 35.1 Å². The van der Waals surface area contributed by atoms with Crippen LogP contribution < -0.4 is 0 Å². The van der Waals surface area contributed by atoms with Crippen molar-refractivity contribution in [2.24, 2.45) is 0 Å². The summed E-state index contributed by atoms with van der Waals surface area (Å²) in [6, 6.07) is -4.03. The van der Waals surface area contributed by atoms with Crippen molar-refractivity contribution in [1.29, 1.82) is 0 Å². The van der Waals surface area contributed by atoms with Crippen LogP contribution in [0.5, 0.6) is 0 Å². The van der Waals surface area contributed by atoms with Crippen LogP contribution in [-0.2, 0) is 4.79 Å². The third kappa shape index (κ3) is 2.87. The van der Waals surface area contributed by atoms with Crippen LogP contribution in [0.25, 0.3) is 0 Å². The molecular formula is C4HF8KO. The van der Waals surface area contributed by atoms with Crippen molar-refractivity contribution in [2.45, 2.75) is 18.0 Å². The van der Waals surface area contributed by atoms with Crippen molar-refractivity contribution >= 4 is 57.4 Å². The Bertz CT molecular complexity index is 220. The molecule has 0 fully saturated rings. The molecule has 0 aromatic heterocycles. The van der Waals surface area contributed by atoms with Crippen LogP contribution in [0.1, 0.15) is 0 Å². The van der Waals surface area contributed by atoms with Crippen LogP contribution in [0.15, 0.2) is 0 Å². The third-order valence-corrected chi connectivity index (χ3v) is 0.997. The van der Waals surface area contributed by atoms with Gasteiger partial charge in [-0.1, -0.05) is 0 Å². The summed E-state index contributed by atoms with van der Waals surface area (Å²) < 4.78 is 91.1. The molecule has 0 heterocycles. The molecule has 10 heteroatoms. The van der Waals surface area contributed by atoms with Crippen molar-refractivity contribution in [1.82, 2.24) is 0 Å². The molecule has 1 nitrogen and oxygen atoms in total. The van der Waals surface area contributed by atoms with Crippen LogP contribution in [0.3, 0.4) is 0 Å². The van der Waals surface area contributed by atoms with Crippen molar-refractivity contribution < 1.29 is 39.9 Å². The number of carbonyl (C=O) groups is 1. The van der Waals surface area contributed by atoms with E-state index in [-0.39, 0.29) is 51.4 Å². The Morgan fingerprint density at radius 1 is 0.857 bits per heavy atom. The van der Waals surface area contributed by atoms with E-state index in [1.54, 1.807) is 0 Å². The van der Waals surface area contributed by atoms with Crippen molar-refractivity contribution in [3.63, 3.8) is 0 Å². The number of halogens is 8. The van der Waals surface area contributed by atoms with Crippen molar-refractivity contribution in [2.75, 3.05) is 0 Å². The van der Waals surface area contributed by atoms with Crippen LogP contribution in [0, 0.1) is 0 Å². The topological polar surface area (TPSA) is 17.1 Å². The second-order valence-electron chi connectivity index (χ2n) is 1.92. The van der Waals surface area contributed by atoms with Gasteiger partial charge in [0, 0.05) is 0 Å². The van der Waals surface area contributed by atoms with Gasteiger partial charge in [-0.2, -0.15) is 35.1 Å². The Morgan fingerprint density at radius 3 is 1.21 bits per heavy atom. The zero-order chi connectivity index (χ0) is 11.1. The van der Waals surface area contributed by atoms with E-state index in [4.69, 9.17) is 4.79 Å². The van der Waals surface area contributed by atoms with Gasteiger partial charge in [-0.25, -0.2) is 0 Å². The van der Waals surface area contributed by atoms with Gasteiger partial charge in [-0.3, -0.25) is 4.79 Å². The fourth-order valence-electron chi connectivity index (χ4n) is 0.301. The van der Waals surface area contributed by atoms with Gasteiger partial charge >= 0.3 is 75.4 Å². The molecule has 0 N–H and O–H groups in total. The standard InChI is InChI=1S/C4F8O.K.H/c5-1(13)2(6,7)3(8,9)4(10,11)12;;. The molecule has 0 aliphatic rings. The first-order valence-corrected chi connectivity index (χ1v) is 2.47. The molecule has 0 saturated heterocycles. The second kappa shape index (κ2) is 4.72. The quantitative estimate of drug-likeness (QED) is 0.417. The van der Waals surface area contributed by atoms with Gasteiger partial charge < -0.3 is 0 Å². The summed E-state index contributed by atoms with van der Waals surface area (Å²) in [7, 11) is 0. The zero-order valence-corrected chi connectivity index (χ0v) is 5.43. The Morgan fingerprint density at radius 2 is 1.14 bits per heavy atom. The number of carbonyl (C=O) groups excluding carboxylic acids is 1. The van der Waals surface area contributed by atoms with E-state index in [1.165, 1.54) is 0 Å². The van der Waals surface area contributed by atoms with Gasteiger partial charge in [0.25, 0.3) is 0 Å². The van der Waals surface area contributed by atoms with E-state index >= 15 is 0 Å². The first kappa shape index (κ1) is 17.2. The van der Waals surface area contributed by atoms with Gasteiger partial charge in [0.1, 0.15) is 0 Å². The van der Waals surface area contributed by atoms with E-state index < -0.39 is 24.1 Å². The summed E-state index contributed by atoms with van der Waals surface area (Å²) in [5.41, 5.74) is 0. The Kier molecular flexibility index (Phi) is 5.79. The summed E-state index contributed by atoms with van der Waals surface area (Å²) in [5, 5.41) is 0. The first-order valence-electron chi connectivity index (χ1n) is 2.47. The Balaban J connectivity index is 0. The predicted octanol–water partition coefficient (Wildman–Crippen LogP) is 1.67. The zero-order valence-electron chi connectivity index (χ0n) is 5.43. The normalized spacial score (nSPS) is 13.4. The third-order valence-electron chi connectivity index (χ3n) is 0.997. The Hall–Kier alpha value is 0.746. The maximum absolute atomic E-state index is 11.6. The Labute approximate surface area is 114 Å². The van der Waals surface area contributed by atoms with Gasteiger partial charge in [0.15, 0.2) is 0 Å². The molecule has 0 spiro atoms. The SMILES string of the molecule is O=C(F)C(F)(F)C(F)(F)C(F)(F)F.[KH]. The maximum atomic E-state index is 11.6. The number of alkyl halides is 7. The van der Waals surface area contributed by atoms with E-state index in [1.807, 2.05) is 0 Å². The molecule has 0 aromatic rings. The number of hydrogen-bond acceptors (Lipinski definition) is 1. The molecule has 0 aliphatic carbocycles. The van der Waals surface area contributed by atoms with Crippen molar-refractivity contribution in [3.8, 4) is 0 Å². The van der Waals surface area contributed by atoms with Crippen LogP contribution >= 0.6 is 0 Å². The molecule has 0 radical (unpaired) electrons. The van der Waals surface area contributed by atoms with E-state index in [0.717, 1.165) is 0 Å². The molecule has 0 saturated carbocycles. The summed E-state index contributed by atoms with van der Waals surface area (Å²) in [4.78, 5) is 9.16. The molecule has 0 aliphatic heterocycles. The van der Waals surface area contributed by atoms with Crippen LogP contribution in [-0.4, -0.2) is 75.4 Å². The van der Waals surface area contributed by atoms with Gasteiger partial charge in [-0.15, -0.1) is 0 Å². The molecule has 0 aromatic carbocycles. The van der Waals surface area contributed by atoms with E-state index in [0.29, 0.717) is 0 Å². The second-order valence-corrected chi connectivity index (χ2v) is 1.92. The van der Waals surface area contributed by atoms with Gasteiger partial charge in [0.05, 0.1) is 0 Å². The monoisotopic (exact) mass is 256 g/mol. The molecule has 14 heavy (non-hydrogen) atoms. The van der Waals surface area contributed by atoms with E-state index in [9.17, 15) is 35.1 Å². The molecule has 0 rings (SSSR count). The minimum atomic E-state index is -6.70. The van der Waals surface area contributed by atoms with Crippen LogP contribution in [0.2, 0.25) is 0 Å². The number of hydrogen-bond donors (Lipinski definition) is 0. The summed E-state index contributed by atoms with van der Waals surface area (Å²) in [6.45, 7) is 0. The first-order chi connectivity index (χ1) is 5.44. The summed E-state index contributed by atoms with van der Waals surface area (Å²) in [5.74, 6) is -13.1. The van der Waals surface area contributed by atoms with Crippen molar-refractivity contribution in [3.05, 3.63) is 0 Å². The minimum absolute atomic E-state index is 0. The molecule has 0 amide bonds. The average molecular weight is 256 g/mol.